The number of ether oxygens (including phenoxy) is 1. The fraction of sp³-hybridized carbons (Fsp3) is 0.320. The van der Waals surface area contributed by atoms with E-state index in [0.29, 0.717) is 5.69 Å². The Labute approximate surface area is 197 Å². The van der Waals surface area contributed by atoms with E-state index < -0.39 is 11.2 Å². The Morgan fingerprint density at radius 1 is 1.09 bits per heavy atom. The Balaban J connectivity index is 1.93. The zero-order valence-corrected chi connectivity index (χ0v) is 20.3. The minimum atomic E-state index is -0.477. The third-order valence-electron chi connectivity index (χ3n) is 5.82. The Morgan fingerprint density at radius 2 is 1.88 bits per heavy atom. The van der Waals surface area contributed by atoms with Crippen LogP contribution >= 0.6 is 11.9 Å². The Hall–Kier alpha value is -3.26. The zero-order chi connectivity index (χ0) is 23.8. The fourth-order valence-corrected chi connectivity index (χ4v) is 4.42. The van der Waals surface area contributed by atoms with E-state index in [1.165, 1.54) is 34.3 Å². The summed E-state index contributed by atoms with van der Waals surface area (Å²) in [5.74, 6) is 0.777. The van der Waals surface area contributed by atoms with Gasteiger partial charge in [0.1, 0.15) is 5.75 Å². The van der Waals surface area contributed by atoms with Crippen LogP contribution < -0.4 is 20.8 Å². The predicted molar refractivity (Wildman–Crippen MR) is 135 cm³/mol. The Morgan fingerprint density at radius 3 is 2.55 bits per heavy atom. The Bertz CT molecular complexity index is 1350. The molecule has 0 amide bonds. The molecule has 8 heteroatoms. The number of rotatable bonds is 5. The van der Waals surface area contributed by atoms with Gasteiger partial charge in [0.15, 0.2) is 0 Å². The van der Waals surface area contributed by atoms with Gasteiger partial charge < -0.3 is 4.74 Å². The molecule has 0 bridgehead atoms. The minimum Gasteiger partial charge on any atom is -0.496 e. The highest BCUT2D eigenvalue weighted by Crippen LogP contribution is 2.42. The van der Waals surface area contributed by atoms with Crippen molar-refractivity contribution in [3.8, 4) is 22.6 Å². The van der Waals surface area contributed by atoms with Crippen LogP contribution in [0.5, 0.6) is 5.75 Å². The van der Waals surface area contributed by atoms with Crippen molar-refractivity contribution in [1.82, 2.24) is 14.4 Å². The van der Waals surface area contributed by atoms with Crippen LogP contribution in [0.2, 0.25) is 0 Å². The topological polar surface area (TPSA) is 88.5 Å². The lowest BCUT2D eigenvalue weighted by Crippen LogP contribution is -2.27. The van der Waals surface area contributed by atoms with Crippen molar-refractivity contribution in [3.05, 3.63) is 80.1 Å². The van der Waals surface area contributed by atoms with Crippen molar-refractivity contribution in [1.29, 1.82) is 0 Å². The summed E-state index contributed by atoms with van der Waals surface area (Å²) in [7, 11) is 1.67. The molecule has 1 aliphatic carbocycles. The second-order valence-electron chi connectivity index (χ2n) is 9.03. The molecule has 1 aromatic heterocycles. The number of aryl methyl sites for hydroxylation is 1. The van der Waals surface area contributed by atoms with Crippen molar-refractivity contribution >= 4 is 17.7 Å². The van der Waals surface area contributed by atoms with Crippen LogP contribution in [0.1, 0.15) is 43.9 Å². The van der Waals surface area contributed by atoms with Gasteiger partial charge in [0.25, 0.3) is 5.56 Å². The highest BCUT2D eigenvalue weighted by atomic mass is 32.2. The minimum absolute atomic E-state index is 0.234. The molecule has 1 heterocycles. The maximum Gasteiger partial charge on any atom is 0.332 e. The molecular formula is C25H28N4O3S. The molecule has 2 aromatic carbocycles. The van der Waals surface area contributed by atoms with Crippen molar-refractivity contribution < 1.29 is 4.74 Å². The molecule has 4 rings (SSSR count). The van der Waals surface area contributed by atoms with Crippen molar-refractivity contribution in [2.75, 3.05) is 13.4 Å². The molecule has 2 N–H and O–H groups in total. The number of methoxy groups -OCH3 is 1. The number of hydrogen-bond donors (Lipinski definition) is 2. The molecular weight excluding hydrogens is 436 g/mol. The number of H-pyrrole nitrogens is 1. The van der Waals surface area contributed by atoms with Crippen LogP contribution in [0.4, 0.5) is 0 Å². The maximum atomic E-state index is 12.5. The van der Waals surface area contributed by atoms with Gasteiger partial charge in [-0.25, -0.2) is 4.79 Å². The van der Waals surface area contributed by atoms with Gasteiger partial charge in [-0.1, -0.05) is 39.0 Å². The summed E-state index contributed by atoms with van der Waals surface area (Å²) in [4.78, 5) is 29.4. The van der Waals surface area contributed by atoms with E-state index in [1.807, 2.05) is 18.4 Å². The molecule has 0 fully saturated rings. The van der Waals surface area contributed by atoms with Gasteiger partial charge in [0.05, 0.1) is 18.5 Å². The van der Waals surface area contributed by atoms with Crippen LogP contribution in [0.25, 0.3) is 16.8 Å². The van der Waals surface area contributed by atoms with E-state index in [2.05, 4.69) is 53.9 Å². The maximum absolute atomic E-state index is 12.5. The molecule has 3 aromatic rings. The van der Waals surface area contributed by atoms with E-state index in [-0.39, 0.29) is 5.41 Å². The standard InChI is InChI=1S/C25H28N4O3S/c1-25(2,3)20-14-17(29-11-10-22(30)26-24(29)31)13-19(23(20)32-4)16-6-8-18-15(12-16)7-9-21(18)27-28-33-5/h6,8,10-14,28H,7,9H2,1-5H3,(H,26,30,31)/b27-21+. The number of aromatic amines is 1. The van der Waals surface area contributed by atoms with Crippen molar-refractivity contribution in [2.24, 2.45) is 5.10 Å². The van der Waals surface area contributed by atoms with Gasteiger partial charge in [0, 0.05) is 35.2 Å². The van der Waals surface area contributed by atoms with Gasteiger partial charge in [-0.3, -0.25) is 19.2 Å². The summed E-state index contributed by atoms with van der Waals surface area (Å²) in [6.45, 7) is 6.33. The number of fused-ring (bicyclic) bond motifs is 1. The lowest BCUT2D eigenvalue weighted by Gasteiger charge is -2.26. The average Bonchev–Trinajstić information content (AvgIpc) is 3.18. The third-order valence-corrected chi connectivity index (χ3v) is 6.09. The summed E-state index contributed by atoms with van der Waals surface area (Å²) in [5.41, 5.74) is 5.87. The number of aromatic nitrogens is 2. The summed E-state index contributed by atoms with van der Waals surface area (Å²) < 4.78 is 7.36. The molecule has 172 valence electrons. The number of hydrazone groups is 1. The summed E-state index contributed by atoms with van der Waals surface area (Å²) in [6.07, 6.45) is 5.27. The second kappa shape index (κ2) is 8.94. The van der Waals surface area contributed by atoms with Crippen molar-refractivity contribution in [2.45, 2.75) is 39.0 Å². The lowest BCUT2D eigenvalue weighted by molar-refractivity contribution is 0.399. The lowest BCUT2D eigenvalue weighted by atomic mass is 9.83. The molecule has 0 unspecified atom stereocenters. The van der Waals surface area contributed by atoms with Crippen LogP contribution in [0.3, 0.4) is 0 Å². The van der Waals surface area contributed by atoms with Crippen LogP contribution in [-0.4, -0.2) is 28.6 Å². The normalized spacial score (nSPS) is 14.4. The van der Waals surface area contributed by atoms with Gasteiger partial charge in [-0.2, -0.15) is 5.10 Å². The molecule has 0 radical (unpaired) electrons. The first-order chi connectivity index (χ1) is 15.7. The quantitative estimate of drug-likeness (QED) is 0.440. The smallest absolute Gasteiger partial charge is 0.332 e. The van der Waals surface area contributed by atoms with E-state index in [0.717, 1.165) is 46.6 Å². The largest absolute Gasteiger partial charge is 0.496 e. The highest BCUT2D eigenvalue weighted by molar-refractivity contribution is 7.96. The number of benzene rings is 2. The van der Waals surface area contributed by atoms with Gasteiger partial charge in [-0.15, -0.1) is 0 Å². The Kier molecular flexibility index (Phi) is 6.21. The number of nitrogens with zero attached hydrogens (tertiary/aromatic N) is 2. The highest BCUT2D eigenvalue weighted by Gasteiger charge is 2.25. The molecule has 1 aliphatic rings. The fourth-order valence-electron chi connectivity index (χ4n) is 4.22. The van der Waals surface area contributed by atoms with Crippen LogP contribution in [0, 0.1) is 0 Å². The number of nitrogens with one attached hydrogen (secondary N) is 2. The second-order valence-corrected chi connectivity index (χ2v) is 9.62. The summed E-state index contributed by atoms with van der Waals surface area (Å²) >= 11 is 1.47. The predicted octanol–water partition coefficient (Wildman–Crippen LogP) is 4.02. The first-order valence-corrected chi connectivity index (χ1v) is 12.0. The third kappa shape index (κ3) is 4.48. The molecule has 33 heavy (non-hydrogen) atoms. The molecule has 0 spiro atoms. The molecule has 0 atom stereocenters. The van der Waals surface area contributed by atoms with Gasteiger partial charge >= 0.3 is 5.69 Å². The van der Waals surface area contributed by atoms with E-state index in [1.54, 1.807) is 7.11 Å². The van der Waals surface area contributed by atoms with E-state index in [9.17, 15) is 9.59 Å². The monoisotopic (exact) mass is 464 g/mol. The van der Waals surface area contributed by atoms with Gasteiger partial charge in [0.2, 0.25) is 0 Å². The van der Waals surface area contributed by atoms with E-state index in [4.69, 9.17) is 4.74 Å². The van der Waals surface area contributed by atoms with E-state index >= 15 is 0 Å². The molecule has 0 saturated carbocycles. The zero-order valence-electron chi connectivity index (χ0n) is 19.5. The van der Waals surface area contributed by atoms with Crippen molar-refractivity contribution in [3.63, 3.8) is 0 Å². The van der Waals surface area contributed by atoms with Crippen LogP contribution in [-0.2, 0) is 11.8 Å². The SMILES string of the molecule is COc1c(-c2ccc3c(c2)CC/C3=N\NSC)cc(-n2ccc(=O)[nH]c2=O)cc1C(C)(C)C. The first kappa shape index (κ1) is 22.9. The molecule has 0 saturated heterocycles. The number of hydrogen-bond acceptors (Lipinski definition) is 6. The van der Waals surface area contributed by atoms with Gasteiger partial charge in [-0.05, 0) is 53.5 Å². The summed E-state index contributed by atoms with van der Waals surface area (Å²) in [5, 5.41) is 4.47. The molecule has 0 aliphatic heterocycles. The first-order valence-electron chi connectivity index (χ1n) is 10.8. The summed E-state index contributed by atoms with van der Waals surface area (Å²) in [6, 6.07) is 11.6. The van der Waals surface area contributed by atoms with Crippen LogP contribution in [0.15, 0.2) is 57.3 Å². The molecule has 7 nitrogen and oxygen atoms in total. The average molecular weight is 465 g/mol.